The maximum Gasteiger partial charge on any atom is 0.0863 e. The van der Waals surface area contributed by atoms with Crippen LogP contribution < -0.4 is 5.32 Å². The Bertz CT molecular complexity index is 332. The highest BCUT2D eigenvalue weighted by Gasteiger charge is 2.13. The zero-order valence-corrected chi connectivity index (χ0v) is 11.6. The van der Waals surface area contributed by atoms with Gasteiger partial charge in [-0.3, -0.25) is 4.68 Å². The van der Waals surface area contributed by atoms with Crippen LogP contribution in [0.25, 0.3) is 0 Å². The van der Waals surface area contributed by atoms with Crippen molar-refractivity contribution in [1.29, 1.82) is 0 Å². The number of aromatic nitrogens is 2. The number of hydrogen-bond donors (Lipinski definition) is 1. The third-order valence-corrected chi connectivity index (χ3v) is 3.55. The summed E-state index contributed by atoms with van der Waals surface area (Å²) >= 11 is 12.1. The second kappa shape index (κ2) is 6.48. The number of nitrogens with zero attached hydrogens (tertiary/aromatic N) is 2. The quantitative estimate of drug-likeness (QED) is 0.801. The summed E-state index contributed by atoms with van der Waals surface area (Å²) in [6, 6.07) is 0.331. The number of rotatable bonds is 6. The number of alkyl halides is 1. The van der Waals surface area contributed by atoms with Crippen LogP contribution >= 0.6 is 23.2 Å². The lowest BCUT2D eigenvalue weighted by molar-refractivity contribution is 0.520. The molecular formula is C11H19Cl2N3. The second-order valence-electron chi connectivity index (χ2n) is 3.82. The van der Waals surface area contributed by atoms with Crippen molar-refractivity contribution < 1.29 is 0 Å². The minimum Gasteiger partial charge on any atom is -0.307 e. The van der Waals surface area contributed by atoms with E-state index in [-0.39, 0.29) is 0 Å². The fourth-order valence-corrected chi connectivity index (χ4v) is 2.25. The molecule has 1 N–H and O–H groups in total. The van der Waals surface area contributed by atoms with Crippen LogP contribution in [-0.4, -0.2) is 21.7 Å². The molecule has 0 spiro atoms. The first kappa shape index (κ1) is 13.8. The van der Waals surface area contributed by atoms with Crippen molar-refractivity contribution in [3.8, 4) is 0 Å². The lowest BCUT2D eigenvalue weighted by Crippen LogP contribution is -2.30. The van der Waals surface area contributed by atoms with Crippen molar-refractivity contribution >= 4 is 23.2 Å². The Labute approximate surface area is 107 Å². The van der Waals surface area contributed by atoms with Gasteiger partial charge in [0.05, 0.1) is 16.4 Å². The molecule has 0 aliphatic rings. The molecule has 1 heterocycles. The Morgan fingerprint density at radius 2 is 2.12 bits per heavy atom. The van der Waals surface area contributed by atoms with E-state index in [1.54, 1.807) is 0 Å². The lowest BCUT2D eigenvalue weighted by atomic mass is 10.2. The third-order valence-electron chi connectivity index (χ3n) is 2.74. The van der Waals surface area contributed by atoms with Crippen molar-refractivity contribution in [3.05, 3.63) is 16.4 Å². The summed E-state index contributed by atoms with van der Waals surface area (Å²) in [6.45, 7) is 4.88. The van der Waals surface area contributed by atoms with Gasteiger partial charge >= 0.3 is 0 Å². The molecule has 0 aliphatic carbocycles. The van der Waals surface area contributed by atoms with Gasteiger partial charge in [-0.25, -0.2) is 0 Å². The van der Waals surface area contributed by atoms with E-state index < -0.39 is 0 Å². The van der Waals surface area contributed by atoms with Gasteiger partial charge in [-0.15, -0.1) is 11.6 Å². The molecule has 0 saturated heterocycles. The van der Waals surface area contributed by atoms with Gasteiger partial charge in [0.15, 0.2) is 0 Å². The van der Waals surface area contributed by atoms with E-state index in [1.807, 2.05) is 11.7 Å². The van der Waals surface area contributed by atoms with Crippen LogP contribution in [0.15, 0.2) is 0 Å². The second-order valence-corrected chi connectivity index (χ2v) is 4.51. The van der Waals surface area contributed by atoms with E-state index in [4.69, 9.17) is 23.2 Å². The molecular weight excluding hydrogens is 245 g/mol. The fourth-order valence-electron chi connectivity index (χ4n) is 1.56. The average Bonchev–Trinajstić information content (AvgIpc) is 2.56. The maximum absolute atomic E-state index is 6.24. The van der Waals surface area contributed by atoms with Crippen LogP contribution in [0.1, 0.15) is 31.7 Å². The lowest BCUT2D eigenvalue weighted by Gasteiger charge is -2.13. The molecule has 0 fully saturated rings. The molecule has 0 aliphatic heterocycles. The standard InChI is InChI=1S/C11H19Cl2N3/c1-4-8(6-12)14-7-10-11(13)9(5-2)15-16(10)3/h8,14H,4-7H2,1-3H3. The highest BCUT2D eigenvalue weighted by Crippen LogP contribution is 2.20. The molecule has 1 atom stereocenters. The summed E-state index contributed by atoms with van der Waals surface area (Å²) in [5.41, 5.74) is 1.99. The van der Waals surface area contributed by atoms with Crippen LogP contribution in [0.2, 0.25) is 5.02 Å². The van der Waals surface area contributed by atoms with Gasteiger partial charge in [0.2, 0.25) is 0 Å². The van der Waals surface area contributed by atoms with Crippen LogP contribution in [0.4, 0.5) is 0 Å². The van der Waals surface area contributed by atoms with Crippen molar-refractivity contribution in [1.82, 2.24) is 15.1 Å². The molecule has 0 radical (unpaired) electrons. The Morgan fingerprint density at radius 3 is 2.56 bits per heavy atom. The summed E-state index contributed by atoms with van der Waals surface area (Å²) in [4.78, 5) is 0. The number of halogens is 2. The van der Waals surface area contributed by atoms with Gasteiger partial charge in [-0.2, -0.15) is 5.10 Å². The van der Waals surface area contributed by atoms with Crippen LogP contribution in [0.3, 0.4) is 0 Å². The first-order valence-electron chi connectivity index (χ1n) is 5.63. The smallest absolute Gasteiger partial charge is 0.0863 e. The van der Waals surface area contributed by atoms with Crippen molar-refractivity contribution in [2.24, 2.45) is 7.05 Å². The third kappa shape index (κ3) is 3.12. The number of hydrogen-bond acceptors (Lipinski definition) is 2. The predicted octanol–water partition coefficient (Wildman–Crippen LogP) is 2.74. The maximum atomic E-state index is 6.24. The van der Waals surface area contributed by atoms with Crippen molar-refractivity contribution in [3.63, 3.8) is 0 Å². The Kier molecular flexibility index (Phi) is 5.59. The van der Waals surface area contributed by atoms with E-state index in [2.05, 4.69) is 24.3 Å². The number of nitrogens with one attached hydrogen (secondary N) is 1. The predicted molar refractivity (Wildman–Crippen MR) is 69.2 cm³/mol. The van der Waals surface area contributed by atoms with E-state index in [0.29, 0.717) is 18.5 Å². The Hall–Kier alpha value is -0.250. The molecule has 92 valence electrons. The van der Waals surface area contributed by atoms with Gasteiger partial charge in [-0.05, 0) is 12.8 Å². The molecule has 1 unspecified atom stereocenters. The first-order valence-corrected chi connectivity index (χ1v) is 6.54. The fraction of sp³-hybridized carbons (Fsp3) is 0.727. The van der Waals surface area contributed by atoms with E-state index in [1.165, 1.54) is 0 Å². The Morgan fingerprint density at radius 1 is 1.44 bits per heavy atom. The molecule has 0 amide bonds. The topological polar surface area (TPSA) is 29.9 Å². The van der Waals surface area contributed by atoms with Crippen LogP contribution in [0, 0.1) is 0 Å². The van der Waals surface area contributed by atoms with Gasteiger partial charge in [0.25, 0.3) is 0 Å². The summed E-state index contributed by atoms with van der Waals surface area (Å²) in [7, 11) is 1.92. The van der Waals surface area contributed by atoms with Crippen molar-refractivity contribution in [2.45, 2.75) is 39.3 Å². The highest BCUT2D eigenvalue weighted by molar-refractivity contribution is 6.31. The summed E-state index contributed by atoms with van der Waals surface area (Å²) in [5, 5.41) is 8.53. The SMILES string of the molecule is CCc1nn(C)c(CNC(CC)CCl)c1Cl. The largest absolute Gasteiger partial charge is 0.307 e. The monoisotopic (exact) mass is 263 g/mol. The summed E-state index contributed by atoms with van der Waals surface area (Å²) < 4.78 is 1.84. The van der Waals surface area contributed by atoms with Crippen LogP contribution in [-0.2, 0) is 20.0 Å². The van der Waals surface area contributed by atoms with E-state index >= 15 is 0 Å². The number of aryl methyl sites for hydroxylation is 2. The normalized spacial score (nSPS) is 13.1. The molecule has 1 rings (SSSR count). The van der Waals surface area contributed by atoms with Gasteiger partial charge in [0, 0.05) is 25.5 Å². The minimum atomic E-state index is 0.331. The molecule has 0 bridgehead atoms. The van der Waals surface area contributed by atoms with Gasteiger partial charge < -0.3 is 5.32 Å². The zero-order valence-electron chi connectivity index (χ0n) is 10.1. The molecule has 0 saturated carbocycles. The Balaban J connectivity index is 2.69. The summed E-state index contributed by atoms with van der Waals surface area (Å²) in [6.07, 6.45) is 1.87. The van der Waals surface area contributed by atoms with Gasteiger partial charge in [0.1, 0.15) is 0 Å². The van der Waals surface area contributed by atoms with Gasteiger partial charge in [-0.1, -0.05) is 25.4 Å². The zero-order chi connectivity index (χ0) is 12.1. The molecule has 0 aromatic carbocycles. The molecule has 5 heteroatoms. The average molecular weight is 264 g/mol. The molecule has 3 nitrogen and oxygen atoms in total. The minimum absolute atomic E-state index is 0.331. The van der Waals surface area contributed by atoms with Crippen LogP contribution in [0.5, 0.6) is 0 Å². The highest BCUT2D eigenvalue weighted by atomic mass is 35.5. The summed E-state index contributed by atoms with van der Waals surface area (Å²) in [5.74, 6) is 0.618. The molecule has 16 heavy (non-hydrogen) atoms. The molecule has 1 aromatic heterocycles. The molecule has 1 aromatic rings. The van der Waals surface area contributed by atoms with E-state index in [0.717, 1.165) is 29.3 Å². The van der Waals surface area contributed by atoms with E-state index in [9.17, 15) is 0 Å². The van der Waals surface area contributed by atoms with Crippen molar-refractivity contribution in [2.75, 3.05) is 5.88 Å². The first-order chi connectivity index (χ1) is 7.63.